The quantitative estimate of drug-likeness (QED) is 0.634. The molecule has 1 aromatic carbocycles. The second-order valence-corrected chi connectivity index (χ2v) is 6.77. The van der Waals surface area contributed by atoms with Crippen molar-refractivity contribution >= 4 is 38.9 Å². The van der Waals surface area contributed by atoms with Crippen molar-refractivity contribution in [3.05, 3.63) is 28.9 Å². The number of halogens is 6. The van der Waals surface area contributed by atoms with E-state index in [-0.39, 0.29) is 10.7 Å². The lowest BCUT2D eigenvalue weighted by Crippen LogP contribution is -2.14. The summed E-state index contributed by atoms with van der Waals surface area (Å²) >= 11 is 10.9. The summed E-state index contributed by atoms with van der Waals surface area (Å²) in [7, 11) is -3.96. The van der Waals surface area contributed by atoms with Crippen LogP contribution in [-0.2, 0) is 16.2 Å². The number of hydrogen-bond acceptors (Lipinski definition) is 5. The van der Waals surface area contributed by atoms with Crippen molar-refractivity contribution in [2.75, 3.05) is 9.93 Å². The fourth-order valence-electron chi connectivity index (χ4n) is 1.44. The molecule has 0 radical (unpaired) electrons. The second-order valence-electron chi connectivity index (χ2n) is 4.06. The Bertz CT molecular complexity index is 838. The van der Waals surface area contributed by atoms with Crippen LogP contribution in [0.2, 0.25) is 5.02 Å². The van der Waals surface area contributed by atoms with Crippen molar-refractivity contribution < 1.29 is 30.5 Å². The molecule has 0 spiro atoms. The zero-order valence-electron chi connectivity index (χ0n) is 10.7. The van der Waals surface area contributed by atoms with E-state index in [1.807, 2.05) is 4.72 Å². The summed E-state index contributed by atoms with van der Waals surface area (Å²) in [6, 6.07) is 1.51. The van der Waals surface area contributed by atoms with Crippen LogP contribution in [0.15, 0.2) is 16.7 Å². The molecular weight excluding hydrogens is 389 g/mol. The highest BCUT2D eigenvalue weighted by Crippen LogP contribution is 2.33. The van der Waals surface area contributed by atoms with Crippen LogP contribution in [0.5, 0.6) is 0 Å². The number of nitrogens with zero attached hydrogens (tertiary/aromatic N) is 2. The molecule has 0 aliphatic rings. The van der Waals surface area contributed by atoms with Gasteiger partial charge in [-0.1, -0.05) is 16.8 Å². The highest BCUT2D eigenvalue weighted by molar-refractivity contribution is 7.93. The predicted molar refractivity (Wildman–Crippen MR) is 73.0 cm³/mol. The molecule has 0 atom stereocenters. The normalized spacial score (nSPS) is 12.4. The summed E-state index contributed by atoms with van der Waals surface area (Å²) in [6.45, 7) is 0. The lowest BCUT2D eigenvalue weighted by molar-refractivity contribution is -0.159. The number of aromatic nitrogens is 2. The maximum absolute atomic E-state index is 13.8. The topological polar surface area (TPSA) is 85.1 Å². The first-order chi connectivity index (χ1) is 10.5. The van der Waals surface area contributed by atoms with E-state index in [2.05, 4.69) is 14.7 Å². The summed E-state index contributed by atoms with van der Waals surface area (Å²) in [5.41, 5.74) is -0.844. The molecule has 1 heterocycles. The second kappa shape index (κ2) is 6.13. The summed E-state index contributed by atoms with van der Waals surface area (Å²) in [5, 5.41) is 1.87. The van der Waals surface area contributed by atoms with E-state index in [1.54, 1.807) is 0 Å². The van der Waals surface area contributed by atoms with Crippen LogP contribution < -0.4 is 4.72 Å². The Morgan fingerprint density at radius 2 is 1.96 bits per heavy atom. The average Bonchev–Trinajstić information content (AvgIpc) is 2.91. The van der Waals surface area contributed by atoms with Crippen molar-refractivity contribution in [1.29, 1.82) is 0 Å². The highest BCUT2D eigenvalue weighted by atomic mass is 35.5. The molecule has 0 unspecified atom stereocenters. The van der Waals surface area contributed by atoms with Crippen LogP contribution in [0.25, 0.3) is 11.4 Å². The van der Waals surface area contributed by atoms with Crippen molar-refractivity contribution in [2.45, 2.75) is 6.18 Å². The van der Waals surface area contributed by atoms with E-state index in [0.717, 1.165) is 6.07 Å². The van der Waals surface area contributed by atoms with Crippen LogP contribution in [-0.4, -0.2) is 23.8 Å². The minimum atomic E-state index is -4.91. The van der Waals surface area contributed by atoms with E-state index in [0.29, 0.717) is 6.07 Å². The SMILES string of the molecule is O=S(=O)(CCl)Nc1cc(-c2noc(C(F)(F)F)n2)c(F)cc1Cl. The number of alkyl halides is 4. The minimum Gasteiger partial charge on any atom is -0.329 e. The molecule has 23 heavy (non-hydrogen) atoms. The molecule has 0 saturated heterocycles. The van der Waals surface area contributed by atoms with Gasteiger partial charge < -0.3 is 4.52 Å². The van der Waals surface area contributed by atoms with E-state index in [9.17, 15) is 26.0 Å². The van der Waals surface area contributed by atoms with E-state index in [4.69, 9.17) is 23.2 Å². The van der Waals surface area contributed by atoms with Crippen LogP contribution in [0.1, 0.15) is 5.89 Å². The van der Waals surface area contributed by atoms with Crippen LogP contribution in [0.3, 0.4) is 0 Å². The number of sulfonamides is 1. The lowest BCUT2D eigenvalue weighted by Gasteiger charge is -2.09. The highest BCUT2D eigenvalue weighted by Gasteiger charge is 2.38. The molecule has 126 valence electrons. The van der Waals surface area contributed by atoms with Gasteiger partial charge in [0.15, 0.2) is 0 Å². The van der Waals surface area contributed by atoms with E-state index >= 15 is 0 Å². The molecule has 2 rings (SSSR count). The molecule has 0 fully saturated rings. The van der Waals surface area contributed by atoms with Gasteiger partial charge in [-0.3, -0.25) is 4.72 Å². The Labute approximate surface area is 136 Å². The monoisotopic (exact) mass is 393 g/mol. The van der Waals surface area contributed by atoms with Gasteiger partial charge in [-0.25, -0.2) is 12.8 Å². The van der Waals surface area contributed by atoms with Gasteiger partial charge >= 0.3 is 12.1 Å². The van der Waals surface area contributed by atoms with Crippen molar-refractivity contribution in [1.82, 2.24) is 10.1 Å². The molecule has 1 aromatic heterocycles. The fourth-order valence-corrected chi connectivity index (χ4v) is 2.42. The maximum atomic E-state index is 13.8. The number of rotatable bonds is 4. The molecule has 2 aromatic rings. The van der Waals surface area contributed by atoms with Gasteiger partial charge in [0.1, 0.15) is 11.0 Å². The third-order valence-corrected chi connectivity index (χ3v) is 4.37. The van der Waals surface area contributed by atoms with Gasteiger partial charge in [0.05, 0.1) is 16.3 Å². The third kappa shape index (κ3) is 4.03. The molecule has 0 aliphatic carbocycles. The molecule has 1 N–H and O–H groups in total. The maximum Gasteiger partial charge on any atom is 0.471 e. The molecule has 6 nitrogen and oxygen atoms in total. The number of hydrogen-bond donors (Lipinski definition) is 1. The van der Waals surface area contributed by atoms with Crippen molar-refractivity contribution in [2.24, 2.45) is 0 Å². The first-order valence-corrected chi connectivity index (χ1v) is 8.07. The largest absolute Gasteiger partial charge is 0.471 e. The minimum absolute atomic E-state index is 0.304. The van der Waals surface area contributed by atoms with Gasteiger partial charge in [-0.2, -0.15) is 18.2 Å². The van der Waals surface area contributed by atoms with Crippen molar-refractivity contribution in [3.63, 3.8) is 0 Å². The first kappa shape index (κ1) is 17.8. The van der Waals surface area contributed by atoms with Gasteiger partial charge in [-0.05, 0) is 12.1 Å². The predicted octanol–water partition coefficient (Wildman–Crippen LogP) is 3.49. The van der Waals surface area contributed by atoms with E-state index < -0.39 is 44.5 Å². The Hall–Kier alpha value is -1.59. The zero-order chi connectivity index (χ0) is 17.4. The number of benzene rings is 1. The summed E-state index contributed by atoms with van der Waals surface area (Å²) in [4.78, 5) is 3.01. The molecular formula is C10H5Cl2F4N3O3S. The Kier molecular flexibility index (Phi) is 4.74. The molecule has 0 saturated carbocycles. The lowest BCUT2D eigenvalue weighted by atomic mass is 10.2. The Morgan fingerprint density at radius 3 is 2.48 bits per heavy atom. The first-order valence-electron chi connectivity index (χ1n) is 5.50. The van der Waals surface area contributed by atoms with Crippen LogP contribution in [0, 0.1) is 5.82 Å². The Morgan fingerprint density at radius 1 is 1.30 bits per heavy atom. The van der Waals surface area contributed by atoms with Crippen molar-refractivity contribution in [3.8, 4) is 11.4 Å². The summed E-state index contributed by atoms with van der Waals surface area (Å²) in [6.07, 6.45) is -4.91. The molecule has 0 bridgehead atoms. The summed E-state index contributed by atoms with van der Waals surface area (Å²) in [5.74, 6) is -3.47. The smallest absolute Gasteiger partial charge is 0.329 e. The third-order valence-electron chi connectivity index (χ3n) is 2.38. The standard InChI is InChI=1S/C10H5Cl2F4N3O3S/c11-3-23(20,21)19-7-1-4(6(13)2-5(7)12)8-17-9(22-18-8)10(14,15)16/h1-2,19H,3H2. The van der Waals surface area contributed by atoms with Gasteiger partial charge in [-0.15, -0.1) is 11.6 Å². The average molecular weight is 394 g/mol. The van der Waals surface area contributed by atoms with Crippen LogP contribution >= 0.6 is 23.2 Å². The number of anilines is 1. The zero-order valence-corrected chi connectivity index (χ0v) is 13.0. The summed E-state index contributed by atoms with van der Waals surface area (Å²) < 4.78 is 79.8. The molecule has 13 heteroatoms. The number of nitrogens with one attached hydrogen (secondary N) is 1. The van der Waals surface area contributed by atoms with Gasteiger partial charge in [0, 0.05) is 0 Å². The van der Waals surface area contributed by atoms with E-state index in [1.165, 1.54) is 0 Å². The van der Waals surface area contributed by atoms with Crippen LogP contribution in [0.4, 0.5) is 23.2 Å². The Balaban J connectivity index is 2.49. The van der Waals surface area contributed by atoms with Gasteiger partial charge in [0.2, 0.25) is 15.8 Å². The molecule has 0 amide bonds. The van der Waals surface area contributed by atoms with Gasteiger partial charge in [0.25, 0.3) is 0 Å². The fraction of sp³-hybridized carbons (Fsp3) is 0.200. The molecule has 0 aliphatic heterocycles.